The topological polar surface area (TPSA) is 35.6 Å². The van der Waals surface area contributed by atoms with Crippen LogP contribution in [0.15, 0.2) is 54.6 Å². The molecule has 0 saturated carbocycles. The predicted molar refractivity (Wildman–Crippen MR) is 102 cm³/mol. The van der Waals surface area contributed by atoms with E-state index in [4.69, 9.17) is 0 Å². The van der Waals surface area contributed by atoms with Gasteiger partial charge in [-0.25, -0.2) is 4.79 Å². The van der Waals surface area contributed by atoms with Gasteiger partial charge in [-0.15, -0.1) is 0 Å². The van der Waals surface area contributed by atoms with E-state index >= 15 is 0 Å². The molecule has 0 atom stereocenters. The van der Waals surface area contributed by atoms with Crippen LogP contribution in [-0.4, -0.2) is 49.1 Å². The summed E-state index contributed by atoms with van der Waals surface area (Å²) >= 11 is 0. The first kappa shape index (κ1) is 17.5. The van der Waals surface area contributed by atoms with Crippen molar-refractivity contribution in [1.82, 2.24) is 15.1 Å². The predicted octanol–water partition coefficient (Wildman–Crippen LogP) is 3.59. The third-order valence-electron chi connectivity index (χ3n) is 4.90. The van der Waals surface area contributed by atoms with Gasteiger partial charge in [0.1, 0.15) is 0 Å². The Morgan fingerprint density at radius 1 is 1.08 bits per heavy atom. The second-order valence-electron chi connectivity index (χ2n) is 6.91. The van der Waals surface area contributed by atoms with Crippen LogP contribution in [0.3, 0.4) is 0 Å². The molecule has 1 saturated heterocycles. The van der Waals surface area contributed by atoms with Crippen molar-refractivity contribution < 1.29 is 4.79 Å². The SMILES string of the molecule is CN1CCC(NC(=O)N(C)Cc2ccccc2-c2ccccc2)CC1. The molecule has 0 radical (unpaired) electrons. The molecule has 0 aliphatic carbocycles. The Morgan fingerprint density at radius 3 is 2.44 bits per heavy atom. The maximum absolute atomic E-state index is 12.5. The molecule has 1 N–H and O–H groups in total. The highest BCUT2D eigenvalue weighted by Crippen LogP contribution is 2.24. The van der Waals surface area contributed by atoms with Crippen molar-refractivity contribution in [3.05, 3.63) is 60.2 Å². The summed E-state index contributed by atoms with van der Waals surface area (Å²) in [6, 6.07) is 18.9. The van der Waals surface area contributed by atoms with Gasteiger partial charge < -0.3 is 15.1 Å². The average Bonchev–Trinajstić information content (AvgIpc) is 2.64. The minimum absolute atomic E-state index is 0.0115. The molecule has 1 fully saturated rings. The molecule has 1 aliphatic rings. The number of carbonyl (C=O) groups excluding carboxylic acids is 1. The van der Waals surface area contributed by atoms with E-state index in [2.05, 4.69) is 41.5 Å². The zero-order chi connectivity index (χ0) is 17.6. The number of nitrogens with zero attached hydrogens (tertiary/aromatic N) is 2. The van der Waals surface area contributed by atoms with Crippen LogP contribution in [0.5, 0.6) is 0 Å². The number of benzene rings is 2. The minimum Gasteiger partial charge on any atom is -0.335 e. The van der Waals surface area contributed by atoms with E-state index in [0.29, 0.717) is 6.54 Å². The zero-order valence-corrected chi connectivity index (χ0v) is 15.1. The molecule has 25 heavy (non-hydrogen) atoms. The van der Waals surface area contributed by atoms with Gasteiger partial charge in [0.15, 0.2) is 0 Å². The van der Waals surface area contributed by atoms with Crippen molar-refractivity contribution in [1.29, 1.82) is 0 Å². The van der Waals surface area contributed by atoms with E-state index in [1.807, 2.05) is 37.4 Å². The highest BCUT2D eigenvalue weighted by atomic mass is 16.2. The van der Waals surface area contributed by atoms with Gasteiger partial charge in [-0.05, 0) is 49.7 Å². The number of carbonyl (C=O) groups is 1. The summed E-state index contributed by atoms with van der Waals surface area (Å²) in [5.41, 5.74) is 3.53. The van der Waals surface area contributed by atoms with E-state index in [9.17, 15) is 4.79 Å². The number of nitrogens with one attached hydrogen (secondary N) is 1. The van der Waals surface area contributed by atoms with E-state index in [-0.39, 0.29) is 12.1 Å². The molecule has 0 unspecified atom stereocenters. The molecule has 1 heterocycles. The van der Waals surface area contributed by atoms with E-state index in [1.165, 1.54) is 11.1 Å². The van der Waals surface area contributed by atoms with Crippen LogP contribution in [-0.2, 0) is 6.54 Å². The monoisotopic (exact) mass is 337 g/mol. The second kappa shape index (κ2) is 8.17. The lowest BCUT2D eigenvalue weighted by Crippen LogP contribution is -2.47. The number of urea groups is 1. The maximum atomic E-state index is 12.5. The highest BCUT2D eigenvalue weighted by molar-refractivity contribution is 5.75. The molecule has 1 aliphatic heterocycles. The number of hydrogen-bond acceptors (Lipinski definition) is 2. The Hall–Kier alpha value is -2.33. The molecule has 0 spiro atoms. The Bertz CT molecular complexity index is 693. The Balaban J connectivity index is 1.65. The van der Waals surface area contributed by atoms with Gasteiger partial charge in [-0.2, -0.15) is 0 Å². The van der Waals surface area contributed by atoms with Gasteiger partial charge >= 0.3 is 6.03 Å². The van der Waals surface area contributed by atoms with E-state index in [0.717, 1.165) is 31.5 Å². The molecule has 132 valence electrons. The fourth-order valence-electron chi connectivity index (χ4n) is 3.32. The quantitative estimate of drug-likeness (QED) is 0.925. The van der Waals surface area contributed by atoms with E-state index < -0.39 is 0 Å². The first-order chi connectivity index (χ1) is 12.1. The molecule has 0 aromatic heterocycles. The van der Waals surface area contributed by atoms with Crippen LogP contribution in [0, 0.1) is 0 Å². The summed E-state index contributed by atoms with van der Waals surface area (Å²) in [6.07, 6.45) is 2.05. The maximum Gasteiger partial charge on any atom is 0.317 e. The molecular formula is C21H27N3O. The summed E-state index contributed by atoms with van der Waals surface area (Å²) < 4.78 is 0. The van der Waals surface area contributed by atoms with Gasteiger partial charge in [0.2, 0.25) is 0 Å². The summed E-state index contributed by atoms with van der Waals surface area (Å²) in [4.78, 5) is 16.6. The Morgan fingerprint density at radius 2 is 1.72 bits per heavy atom. The first-order valence-corrected chi connectivity index (χ1v) is 8.97. The summed E-state index contributed by atoms with van der Waals surface area (Å²) in [7, 11) is 4.00. The van der Waals surface area contributed by atoms with Crippen molar-refractivity contribution in [2.24, 2.45) is 0 Å². The van der Waals surface area contributed by atoms with Crippen LogP contribution < -0.4 is 5.32 Å². The third kappa shape index (κ3) is 4.60. The molecule has 2 aromatic rings. The van der Waals surface area contributed by atoms with Crippen molar-refractivity contribution in [2.75, 3.05) is 27.2 Å². The number of piperidine rings is 1. The standard InChI is InChI=1S/C21H27N3O/c1-23-14-12-19(13-15-23)22-21(25)24(2)16-18-10-6-7-11-20(18)17-8-4-3-5-9-17/h3-11,19H,12-16H2,1-2H3,(H,22,25). The van der Waals surface area contributed by atoms with Crippen LogP contribution in [0.4, 0.5) is 4.79 Å². The molecular weight excluding hydrogens is 310 g/mol. The summed E-state index contributed by atoms with van der Waals surface area (Å²) in [6.45, 7) is 2.69. The van der Waals surface area contributed by atoms with Crippen molar-refractivity contribution in [3.63, 3.8) is 0 Å². The number of likely N-dealkylation sites (tertiary alicyclic amines) is 1. The number of hydrogen-bond donors (Lipinski definition) is 1. The highest BCUT2D eigenvalue weighted by Gasteiger charge is 2.20. The minimum atomic E-state index is 0.0115. The Labute approximate surface area is 150 Å². The molecule has 2 amide bonds. The number of amides is 2. The average molecular weight is 337 g/mol. The van der Waals surface area contributed by atoms with Gasteiger partial charge in [0.05, 0.1) is 0 Å². The molecule has 0 bridgehead atoms. The fourth-order valence-corrected chi connectivity index (χ4v) is 3.32. The second-order valence-corrected chi connectivity index (χ2v) is 6.91. The normalized spacial score (nSPS) is 15.8. The smallest absolute Gasteiger partial charge is 0.317 e. The first-order valence-electron chi connectivity index (χ1n) is 8.97. The Kier molecular flexibility index (Phi) is 5.71. The van der Waals surface area contributed by atoms with Crippen molar-refractivity contribution >= 4 is 6.03 Å². The molecule has 2 aromatic carbocycles. The fraction of sp³-hybridized carbons (Fsp3) is 0.381. The number of rotatable bonds is 4. The van der Waals surface area contributed by atoms with Crippen molar-refractivity contribution in [3.8, 4) is 11.1 Å². The van der Waals surface area contributed by atoms with Gasteiger partial charge in [0.25, 0.3) is 0 Å². The van der Waals surface area contributed by atoms with Crippen LogP contribution in [0.1, 0.15) is 18.4 Å². The molecule has 4 nitrogen and oxygen atoms in total. The van der Waals surface area contributed by atoms with E-state index in [1.54, 1.807) is 4.90 Å². The van der Waals surface area contributed by atoms with Gasteiger partial charge in [-0.3, -0.25) is 0 Å². The lowest BCUT2D eigenvalue weighted by Gasteiger charge is -2.31. The molecule has 4 heteroatoms. The van der Waals surface area contributed by atoms with Crippen LogP contribution >= 0.6 is 0 Å². The van der Waals surface area contributed by atoms with Gasteiger partial charge in [-0.1, -0.05) is 54.6 Å². The molecule has 3 rings (SSSR count). The van der Waals surface area contributed by atoms with Crippen LogP contribution in [0.25, 0.3) is 11.1 Å². The van der Waals surface area contributed by atoms with Crippen molar-refractivity contribution in [2.45, 2.75) is 25.4 Å². The zero-order valence-electron chi connectivity index (χ0n) is 15.1. The largest absolute Gasteiger partial charge is 0.335 e. The van der Waals surface area contributed by atoms with Crippen LogP contribution in [0.2, 0.25) is 0 Å². The third-order valence-corrected chi connectivity index (χ3v) is 4.90. The lowest BCUT2D eigenvalue weighted by molar-refractivity contribution is 0.188. The summed E-state index contributed by atoms with van der Waals surface area (Å²) in [5, 5.41) is 3.18. The lowest BCUT2D eigenvalue weighted by atomic mass is 9.99. The van der Waals surface area contributed by atoms with Gasteiger partial charge in [0, 0.05) is 19.6 Å². The summed E-state index contributed by atoms with van der Waals surface area (Å²) in [5.74, 6) is 0.